The van der Waals surface area contributed by atoms with Crippen LogP contribution in [0.2, 0.25) is 0 Å². The van der Waals surface area contributed by atoms with Crippen LogP contribution in [0.3, 0.4) is 0 Å². The fourth-order valence-corrected chi connectivity index (χ4v) is 2.11. The first-order chi connectivity index (χ1) is 11.9. The number of aromatic nitrogens is 2. The molecule has 0 radical (unpaired) electrons. The van der Waals surface area contributed by atoms with E-state index in [1.807, 2.05) is 13.8 Å². The summed E-state index contributed by atoms with van der Waals surface area (Å²) in [6.45, 7) is 7.66. The second kappa shape index (κ2) is 8.23. The number of aryl methyl sites for hydroxylation is 1. The molecule has 1 amide bonds. The number of esters is 1. The first-order valence-electron chi connectivity index (χ1n) is 8.09. The van der Waals surface area contributed by atoms with Crippen molar-refractivity contribution in [3.8, 4) is 0 Å². The monoisotopic (exact) mass is 342 g/mol. The van der Waals surface area contributed by atoms with E-state index in [-0.39, 0.29) is 17.9 Å². The summed E-state index contributed by atoms with van der Waals surface area (Å²) in [5.74, 6) is -0.299. The molecule has 132 valence electrons. The normalized spacial score (nSPS) is 10.4. The van der Waals surface area contributed by atoms with Crippen LogP contribution in [0.4, 0.5) is 11.6 Å². The van der Waals surface area contributed by atoms with Crippen LogP contribution in [0, 0.1) is 6.92 Å². The Kier molecular flexibility index (Phi) is 6.05. The zero-order chi connectivity index (χ0) is 18.4. The summed E-state index contributed by atoms with van der Waals surface area (Å²) in [6, 6.07) is 8.42. The molecule has 0 saturated carbocycles. The number of nitrogens with zero attached hydrogens (tertiary/aromatic N) is 2. The standard InChI is InChI=1S/C18H22N4O3/c1-5-25-17(24)13-6-8-14(9-7-13)21-18-20-12(4)10-15(22-18)16(23)19-11(2)3/h6-11H,5H2,1-4H3,(H,19,23)(H,20,21,22). The number of anilines is 2. The van der Waals surface area contributed by atoms with Crippen molar-refractivity contribution in [2.75, 3.05) is 11.9 Å². The van der Waals surface area contributed by atoms with Gasteiger partial charge in [-0.2, -0.15) is 0 Å². The molecule has 2 aromatic rings. The fourth-order valence-electron chi connectivity index (χ4n) is 2.11. The number of nitrogens with one attached hydrogen (secondary N) is 2. The van der Waals surface area contributed by atoms with Gasteiger partial charge in [0.1, 0.15) is 5.69 Å². The number of carbonyl (C=O) groups excluding carboxylic acids is 2. The summed E-state index contributed by atoms with van der Waals surface area (Å²) < 4.78 is 4.95. The van der Waals surface area contributed by atoms with Crippen molar-refractivity contribution in [3.63, 3.8) is 0 Å². The number of amides is 1. The van der Waals surface area contributed by atoms with Gasteiger partial charge in [-0.15, -0.1) is 0 Å². The van der Waals surface area contributed by atoms with Crippen LogP contribution in [0.5, 0.6) is 0 Å². The Balaban J connectivity index is 2.15. The largest absolute Gasteiger partial charge is 0.462 e. The average molecular weight is 342 g/mol. The molecule has 2 N–H and O–H groups in total. The van der Waals surface area contributed by atoms with Gasteiger partial charge in [-0.1, -0.05) is 0 Å². The highest BCUT2D eigenvalue weighted by Crippen LogP contribution is 2.15. The van der Waals surface area contributed by atoms with Crippen LogP contribution in [0.1, 0.15) is 47.3 Å². The summed E-state index contributed by atoms with van der Waals surface area (Å²) in [5.41, 5.74) is 2.14. The quantitative estimate of drug-likeness (QED) is 0.784. The second-order valence-corrected chi connectivity index (χ2v) is 5.77. The third kappa shape index (κ3) is 5.27. The molecule has 1 heterocycles. The molecule has 0 bridgehead atoms. The van der Waals surface area contributed by atoms with Crippen LogP contribution in [-0.4, -0.2) is 34.5 Å². The molecular formula is C18H22N4O3. The molecule has 0 aliphatic carbocycles. The first kappa shape index (κ1) is 18.4. The van der Waals surface area contributed by atoms with Gasteiger partial charge >= 0.3 is 5.97 Å². The van der Waals surface area contributed by atoms with Crippen LogP contribution in [0.15, 0.2) is 30.3 Å². The third-order valence-corrected chi connectivity index (χ3v) is 3.16. The van der Waals surface area contributed by atoms with Crippen molar-refractivity contribution in [2.24, 2.45) is 0 Å². The summed E-state index contributed by atoms with van der Waals surface area (Å²) in [7, 11) is 0. The SMILES string of the molecule is CCOC(=O)c1ccc(Nc2nc(C)cc(C(=O)NC(C)C)n2)cc1. The summed E-state index contributed by atoms with van der Waals surface area (Å²) in [5, 5.41) is 5.84. The Hall–Kier alpha value is -2.96. The minimum Gasteiger partial charge on any atom is -0.462 e. The molecule has 7 heteroatoms. The second-order valence-electron chi connectivity index (χ2n) is 5.77. The highest BCUT2D eigenvalue weighted by molar-refractivity contribution is 5.93. The molecule has 2 rings (SSSR count). The molecule has 1 aromatic carbocycles. The number of carbonyl (C=O) groups is 2. The number of rotatable bonds is 6. The number of hydrogen-bond donors (Lipinski definition) is 2. The van der Waals surface area contributed by atoms with E-state index in [2.05, 4.69) is 20.6 Å². The molecule has 0 aliphatic rings. The Labute approximate surface area is 146 Å². The number of hydrogen-bond acceptors (Lipinski definition) is 6. The van der Waals surface area contributed by atoms with Crippen molar-refractivity contribution in [2.45, 2.75) is 33.7 Å². The highest BCUT2D eigenvalue weighted by atomic mass is 16.5. The minimum atomic E-state index is -0.367. The molecule has 0 spiro atoms. The number of ether oxygens (including phenoxy) is 1. The van der Waals surface area contributed by atoms with E-state index < -0.39 is 0 Å². The van der Waals surface area contributed by atoms with Gasteiger partial charge in [-0.05, 0) is 58.0 Å². The maximum absolute atomic E-state index is 12.1. The predicted octanol–water partition coefficient (Wildman–Crippen LogP) is 2.84. The summed E-state index contributed by atoms with van der Waals surface area (Å²) >= 11 is 0. The van der Waals surface area contributed by atoms with E-state index in [1.54, 1.807) is 44.2 Å². The molecule has 0 atom stereocenters. The highest BCUT2D eigenvalue weighted by Gasteiger charge is 2.12. The molecule has 0 unspecified atom stereocenters. The Morgan fingerprint density at radius 1 is 1.16 bits per heavy atom. The molecule has 0 fully saturated rings. The predicted molar refractivity (Wildman–Crippen MR) is 95.1 cm³/mol. The molecule has 7 nitrogen and oxygen atoms in total. The first-order valence-corrected chi connectivity index (χ1v) is 8.09. The van der Waals surface area contributed by atoms with Crippen LogP contribution in [-0.2, 0) is 4.74 Å². The molecule has 25 heavy (non-hydrogen) atoms. The van der Waals surface area contributed by atoms with Crippen LogP contribution < -0.4 is 10.6 Å². The van der Waals surface area contributed by atoms with Crippen LogP contribution >= 0.6 is 0 Å². The van der Waals surface area contributed by atoms with E-state index in [0.717, 1.165) is 0 Å². The zero-order valence-corrected chi connectivity index (χ0v) is 14.8. The van der Waals surface area contributed by atoms with E-state index in [0.29, 0.717) is 35.2 Å². The van der Waals surface area contributed by atoms with E-state index in [1.165, 1.54) is 0 Å². The van der Waals surface area contributed by atoms with Crippen molar-refractivity contribution >= 4 is 23.5 Å². The maximum atomic E-state index is 12.1. The lowest BCUT2D eigenvalue weighted by Crippen LogP contribution is -2.31. The lowest BCUT2D eigenvalue weighted by Gasteiger charge is -2.10. The summed E-state index contributed by atoms with van der Waals surface area (Å²) in [4.78, 5) is 32.3. The maximum Gasteiger partial charge on any atom is 0.338 e. The van der Waals surface area contributed by atoms with Crippen molar-refractivity contribution in [1.82, 2.24) is 15.3 Å². The van der Waals surface area contributed by atoms with E-state index >= 15 is 0 Å². The van der Waals surface area contributed by atoms with Gasteiger partial charge < -0.3 is 15.4 Å². The van der Waals surface area contributed by atoms with Gasteiger partial charge in [0, 0.05) is 17.4 Å². The lowest BCUT2D eigenvalue weighted by molar-refractivity contribution is 0.0526. The number of benzene rings is 1. The summed E-state index contributed by atoms with van der Waals surface area (Å²) in [6.07, 6.45) is 0. The van der Waals surface area contributed by atoms with Gasteiger partial charge in [0.15, 0.2) is 0 Å². The van der Waals surface area contributed by atoms with Gasteiger partial charge in [0.25, 0.3) is 5.91 Å². The molecule has 1 aromatic heterocycles. The fraction of sp³-hybridized carbons (Fsp3) is 0.333. The van der Waals surface area contributed by atoms with E-state index in [9.17, 15) is 9.59 Å². The van der Waals surface area contributed by atoms with Crippen molar-refractivity contribution in [3.05, 3.63) is 47.3 Å². The molecule has 0 saturated heterocycles. The Bertz CT molecular complexity index is 757. The van der Waals surface area contributed by atoms with Crippen molar-refractivity contribution < 1.29 is 14.3 Å². The lowest BCUT2D eigenvalue weighted by atomic mass is 10.2. The smallest absolute Gasteiger partial charge is 0.338 e. The van der Waals surface area contributed by atoms with Gasteiger partial charge in [0.05, 0.1) is 12.2 Å². The third-order valence-electron chi connectivity index (χ3n) is 3.16. The van der Waals surface area contributed by atoms with Gasteiger partial charge in [-0.3, -0.25) is 4.79 Å². The zero-order valence-electron chi connectivity index (χ0n) is 14.8. The Morgan fingerprint density at radius 3 is 2.44 bits per heavy atom. The molecule has 0 aliphatic heterocycles. The Morgan fingerprint density at radius 2 is 1.84 bits per heavy atom. The van der Waals surface area contributed by atoms with Gasteiger partial charge in [0.2, 0.25) is 5.95 Å². The van der Waals surface area contributed by atoms with Crippen molar-refractivity contribution in [1.29, 1.82) is 0 Å². The van der Waals surface area contributed by atoms with Gasteiger partial charge in [-0.25, -0.2) is 14.8 Å². The minimum absolute atomic E-state index is 0.0228. The molecular weight excluding hydrogens is 320 g/mol. The average Bonchev–Trinajstić information content (AvgIpc) is 2.54. The topological polar surface area (TPSA) is 93.2 Å². The van der Waals surface area contributed by atoms with Crippen LogP contribution in [0.25, 0.3) is 0 Å². The van der Waals surface area contributed by atoms with E-state index in [4.69, 9.17) is 4.74 Å².